The number of aromatic nitrogens is 1. The van der Waals surface area contributed by atoms with E-state index in [4.69, 9.17) is 0 Å². The number of hydrogen-bond acceptors (Lipinski definition) is 2. The average molecular weight is 299 g/mol. The second-order valence-electron chi connectivity index (χ2n) is 4.93. The predicted molar refractivity (Wildman–Crippen MR) is 77.1 cm³/mol. The van der Waals surface area contributed by atoms with Crippen LogP contribution in [0, 0.1) is 11.8 Å². The topological polar surface area (TPSA) is 24.9 Å². The van der Waals surface area contributed by atoms with Crippen LogP contribution in [0.3, 0.4) is 0 Å². The molecular weight excluding hydrogens is 276 g/mol. The fourth-order valence-electron chi connectivity index (χ4n) is 2.23. The lowest BCUT2D eigenvalue weighted by Crippen LogP contribution is -2.37. The van der Waals surface area contributed by atoms with Gasteiger partial charge in [0.25, 0.3) is 0 Å². The van der Waals surface area contributed by atoms with E-state index in [1.807, 2.05) is 6.20 Å². The molecule has 0 radical (unpaired) electrons. The maximum atomic E-state index is 4.47. The summed E-state index contributed by atoms with van der Waals surface area (Å²) in [6.07, 6.45) is 2.92. The molecule has 1 rings (SSSR count). The highest BCUT2D eigenvalue weighted by Crippen LogP contribution is 2.20. The lowest BCUT2D eigenvalue weighted by Gasteiger charge is -2.27. The van der Waals surface area contributed by atoms with Crippen LogP contribution in [0.25, 0.3) is 0 Å². The van der Waals surface area contributed by atoms with Gasteiger partial charge in [0, 0.05) is 22.4 Å². The van der Waals surface area contributed by atoms with Gasteiger partial charge in [0.1, 0.15) is 0 Å². The highest BCUT2D eigenvalue weighted by molar-refractivity contribution is 9.10. The Balaban J connectivity index is 2.69. The van der Waals surface area contributed by atoms with Gasteiger partial charge >= 0.3 is 0 Å². The maximum absolute atomic E-state index is 4.47. The van der Waals surface area contributed by atoms with E-state index in [1.165, 1.54) is 5.69 Å². The Kier molecular flexibility index (Phi) is 6.14. The van der Waals surface area contributed by atoms with E-state index in [0.717, 1.165) is 17.4 Å². The minimum Gasteiger partial charge on any atom is -0.314 e. The van der Waals surface area contributed by atoms with Crippen LogP contribution in [0.2, 0.25) is 0 Å². The monoisotopic (exact) mass is 298 g/mol. The molecule has 0 aliphatic heterocycles. The molecular formula is C14H23BrN2. The van der Waals surface area contributed by atoms with Crippen molar-refractivity contribution in [1.82, 2.24) is 10.3 Å². The first kappa shape index (κ1) is 14.7. The third-order valence-electron chi connectivity index (χ3n) is 3.26. The van der Waals surface area contributed by atoms with E-state index in [-0.39, 0.29) is 0 Å². The fourth-order valence-corrected chi connectivity index (χ4v) is 2.47. The van der Waals surface area contributed by atoms with Gasteiger partial charge in [-0.15, -0.1) is 0 Å². The second-order valence-corrected chi connectivity index (χ2v) is 5.84. The maximum Gasteiger partial charge on any atom is 0.0413 e. The van der Waals surface area contributed by atoms with E-state index in [9.17, 15) is 0 Å². The normalized spacial score (nSPS) is 14.9. The smallest absolute Gasteiger partial charge is 0.0413 e. The summed E-state index contributed by atoms with van der Waals surface area (Å²) in [6.45, 7) is 10.0. The van der Waals surface area contributed by atoms with Gasteiger partial charge in [-0.25, -0.2) is 0 Å². The molecule has 96 valence electrons. The molecule has 0 saturated heterocycles. The molecule has 1 aromatic heterocycles. The molecule has 3 heteroatoms. The van der Waals surface area contributed by atoms with E-state index in [0.29, 0.717) is 17.9 Å². The van der Waals surface area contributed by atoms with Crippen LogP contribution in [0.1, 0.15) is 33.4 Å². The van der Waals surface area contributed by atoms with Gasteiger partial charge in [0.05, 0.1) is 0 Å². The molecule has 0 bridgehead atoms. The predicted octanol–water partition coefficient (Wildman–Crippen LogP) is 3.66. The molecule has 0 aliphatic carbocycles. The van der Waals surface area contributed by atoms with Crippen LogP contribution < -0.4 is 5.32 Å². The quantitative estimate of drug-likeness (QED) is 0.867. The summed E-state index contributed by atoms with van der Waals surface area (Å²) in [4.78, 5) is 4.47. The van der Waals surface area contributed by atoms with E-state index < -0.39 is 0 Å². The summed E-state index contributed by atoms with van der Waals surface area (Å²) in [6, 6.07) is 4.71. The minimum atomic E-state index is 0.533. The molecule has 17 heavy (non-hydrogen) atoms. The molecule has 0 spiro atoms. The Hall–Kier alpha value is -0.410. The number of nitrogens with zero attached hydrogens (tertiary/aromatic N) is 1. The zero-order valence-corrected chi connectivity index (χ0v) is 12.8. The van der Waals surface area contributed by atoms with Crippen molar-refractivity contribution in [2.24, 2.45) is 11.8 Å². The van der Waals surface area contributed by atoms with Gasteiger partial charge in [-0.3, -0.25) is 4.98 Å². The highest BCUT2D eigenvalue weighted by atomic mass is 79.9. The molecule has 0 fully saturated rings. The van der Waals surface area contributed by atoms with Crippen LogP contribution in [-0.4, -0.2) is 17.6 Å². The highest BCUT2D eigenvalue weighted by Gasteiger charge is 2.20. The Morgan fingerprint density at radius 2 is 2.00 bits per heavy atom. The Labute approximate surface area is 113 Å². The first-order valence-electron chi connectivity index (χ1n) is 6.38. The zero-order chi connectivity index (χ0) is 12.8. The largest absolute Gasteiger partial charge is 0.314 e. The van der Waals surface area contributed by atoms with Gasteiger partial charge in [-0.2, -0.15) is 0 Å². The first-order chi connectivity index (χ1) is 8.04. The summed E-state index contributed by atoms with van der Waals surface area (Å²) < 4.78 is 1.04. The lowest BCUT2D eigenvalue weighted by molar-refractivity contribution is 0.290. The summed E-state index contributed by atoms with van der Waals surface area (Å²) in [5.41, 5.74) is 1.18. The van der Waals surface area contributed by atoms with Crippen molar-refractivity contribution in [1.29, 1.82) is 0 Å². The zero-order valence-electron chi connectivity index (χ0n) is 11.2. The Morgan fingerprint density at radius 3 is 2.47 bits per heavy atom. The van der Waals surface area contributed by atoms with Crippen molar-refractivity contribution in [2.75, 3.05) is 6.54 Å². The number of nitrogens with one attached hydrogen (secondary N) is 1. The summed E-state index contributed by atoms with van der Waals surface area (Å²) in [5.74, 6) is 1.29. The average Bonchev–Trinajstić information content (AvgIpc) is 2.28. The molecule has 0 amide bonds. The number of rotatable bonds is 6. The number of pyridine rings is 1. The van der Waals surface area contributed by atoms with E-state index in [1.54, 1.807) is 0 Å². The van der Waals surface area contributed by atoms with Crippen LogP contribution in [0.4, 0.5) is 0 Å². The third kappa shape index (κ3) is 4.76. The van der Waals surface area contributed by atoms with Crippen molar-refractivity contribution >= 4 is 15.9 Å². The van der Waals surface area contributed by atoms with Crippen LogP contribution in [0.5, 0.6) is 0 Å². The minimum absolute atomic E-state index is 0.533. The molecule has 1 aromatic rings. The van der Waals surface area contributed by atoms with Crippen LogP contribution in [-0.2, 0) is 6.42 Å². The van der Waals surface area contributed by atoms with Gasteiger partial charge in [-0.05, 0) is 59.8 Å². The SMILES string of the molecule is CCNC(C)C(Cc1ccc(Br)cn1)C(C)C. The van der Waals surface area contributed by atoms with E-state index in [2.05, 4.69) is 66.1 Å². The van der Waals surface area contributed by atoms with Crippen LogP contribution in [0.15, 0.2) is 22.8 Å². The van der Waals surface area contributed by atoms with Crippen molar-refractivity contribution in [3.8, 4) is 0 Å². The molecule has 1 heterocycles. The van der Waals surface area contributed by atoms with Crippen LogP contribution >= 0.6 is 15.9 Å². The van der Waals surface area contributed by atoms with Gasteiger partial charge in [0.15, 0.2) is 0 Å². The molecule has 2 unspecified atom stereocenters. The summed E-state index contributed by atoms with van der Waals surface area (Å²) in [5, 5.41) is 3.52. The van der Waals surface area contributed by atoms with Crippen molar-refractivity contribution < 1.29 is 0 Å². The van der Waals surface area contributed by atoms with Crippen molar-refractivity contribution in [3.63, 3.8) is 0 Å². The standard InChI is InChI=1S/C14H23BrN2/c1-5-16-11(4)14(10(2)3)8-13-7-6-12(15)9-17-13/h6-7,9-11,14,16H,5,8H2,1-4H3. The van der Waals surface area contributed by atoms with Crippen molar-refractivity contribution in [2.45, 2.75) is 40.2 Å². The summed E-state index contributed by atoms with van der Waals surface area (Å²) >= 11 is 3.42. The van der Waals surface area contributed by atoms with Gasteiger partial charge in [0.2, 0.25) is 0 Å². The second kappa shape index (κ2) is 7.12. The molecule has 2 atom stereocenters. The first-order valence-corrected chi connectivity index (χ1v) is 7.17. The molecule has 0 aliphatic rings. The molecule has 0 saturated carbocycles. The fraction of sp³-hybridized carbons (Fsp3) is 0.643. The Morgan fingerprint density at radius 1 is 1.29 bits per heavy atom. The Bertz CT molecular complexity index is 321. The number of halogens is 1. The molecule has 1 N–H and O–H groups in total. The van der Waals surface area contributed by atoms with Crippen molar-refractivity contribution in [3.05, 3.63) is 28.5 Å². The number of hydrogen-bond donors (Lipinski definition) is 1. The lowest BCUT2D eigenvalue weighted by atomic mass is 9.85. The molecule has 0 aromatic carbocycles. The van der Waals surface area contributed by atoms with Gasteiger partial charge in [-0.1, -0.05) is 20.8 Å². The third-order valence-corrected chi connectivity index (χ3v) is 3.73. The van der Waals surface area contributed by atoms with E-state index >= 15 is 0 Å². The molecule has 2 nitrogen and oxygen atoms in total. The summed E-state index contributed by atoms with van der Waals surface area (Å²) in [7, 11) is 0. The van der Waals surface area contributed by atoms with Gasteiger partial charge < -0.3 is 5.32 Å².